The first kappa shape index (κ1) is 20.0. The number of rotatable bonds is 6. The Morgan fingerprint density at radius 1 is 1.24 bits per heavy atom. The number of ether oxygens (including phenoxy) is 1. The SMILES string of the molecule is Cc1ccncc1CN1C[C@H]2C[C@H](OCC(=O)N(C)C)[C@@H](n3cccn3)C[C@H]2C1. The molecular formula is C22H31N5O2. The van der Waals surface area contributed by atoms with E-state index in [2.05, 4.69) is 28.0 Å². The van der Waals surface area contributed by atoms with E-state index in [1.165, 1.54) is 11.1 Å². The molecule has 2 aromatic heterocycles. The monoisotopic (exact) mass is 397 g/mol. The smallest absolute Gasteiger partial charge is 0.248 e. The molecule has 2 aromatic rings. The average molecular weight is 398 g/mol. The molecule has 1 saturated carbocycles. The Morgan fingerprint density at radius 3 is 2.72 bits per heavy atom. The molecule has 0 bridgehead atoms. The molecule has 1 aliphatic heterocycles. The van der Waals surface area contributed by atoms with E-state index in [9.17, 15) is 4.79 Å². The van der Waals surface area contributed by atoms with E-state index in [1.54, 1.807) is 19.0 Å². The number of aryl methyl sites for hydroxylation is 1. The molecule has 0 spiro atoms. The molecule has 1 saturated heterocycles. The number of hydrogen-bond acceptors (Lipinski definition) is 5. The first-order chi connectivity index (χ1) is 14.0. The van der Waals surface area contributed by atoms with E-state index >= 15 is 0 Å². The van der Waals surface area contributed by atoms with Crippen LogP contribution in [-0.4, -0.2) is 70.4 Å². The van der Waals surface area contributed by atoms with E-state index < -0.39 is 0 Å². The first-order valence-electron chi connectivity index (χ1n) is 10.4. The lowest BCUT2D eigenvalue weighted by molar-refractivity contribution is -0.138. The highest BCUT2D eigenvalue weighted by atomic mass is 16.5. The summed E-state index contributed by atoms with van der Waals surface area (Å²) in [5.41, 5.74) is 2.60. The van der Waals surface area contributed by atoms with Gasteiger partial charge in [0, 0.05) is 58.5 Å². The number of likely N-dealkylation sites (tertiary alicyclic amines) is 1. The Labute approximate surface area is 172 Å². The van der Waals surface area contributed by atoms with Crippen molar-refractivity contribution in [2.24, 2.45) is 11.8 Å². The number of carbonyl (C=O) groups is 1. The van der Waals surface area contributed by atoms with Crippen molar-refractivity contribution in [1.82, 2.24) is 24.6 Å². The van der Waals surface area contributed by atoms with Crippen molar-refractivity contribution >= 4 is 5.91 Å². The van der Waals surface area contributed by atoms with Crippen molar-refractivity contribution in [1.29, 1.82) is 0 Å². The summed E-state index contributed by atoms with van der Waals surface area (Å²) in [5.74, 6) is 1.23. The van der Waals surface area contributed by atoms with Crippen LogP contribution in [0.2, 0.25) is 0 Å². The molecule has 4 rings (SSSR count). The third-order valence-corrected chi connectivity index (χ3v) is 6.49. The van der Waals surface area contributed by atoms with Crippen molar-refractivity contribution in [3.8, 4) is 0 Å². The molecule has 0 aromatic carbocycles. The zero-order valence-electron chi connectivity index (χ0n) is 17.6. The number of amides is 1. The van der Waals surface area contributed by atoms with Gasteiger partial charge in [0.2, 0.25) is 5.91 Å². The molecule has 7 nitrogen and oxygen atoms in total. The van der Waals surface area contributed by atoms with E-state index in [0.717, 1.165) is 32.5 Å². The van der Waals surface area contributed by atoms with Gasteiger partial charge >= 0.3 is 0 Å². The van der Waals surface area contributed by atoms with Crippen LogP contribution in [0.15, 0.2) is 36.9 Å². The zero-order valence-corrected chi connectivity index (χ0v) is 17.6. The maximum atomic E-state index is 12.1. The number of hydrogen-bond donors (Lipinski definition) is 0. The third-order valence-electron chi connectivity index (χ3n) is 6.49. The summed E-state index contributed by atoms with van der Waals surface area (Å²) in [6.07, 6.45) is 9.70. The molecule has 0 unspecified atom stereocenters. The zero-order chi connectivity index (χ0) is 20.4. The summed E-state index contributed by atoms with van der Waals surface area (Å²) in [6, 6.07) is 4.22. The normalized spacial score (nSPS) is 27.0. The number of pyridine rings is 1. The van der Waals surface area contributed by atoms with E-state index in [1.807, 2.05) is 35.5 Å². The molecule has 7 heteroatoms. The quantitative estimate of drug-likeness (QED) is 0.747. The Balaban J connectivity index is 1.44. The van der Waals surface area contributed by atoms with Crippen LogP contribution in [0.1, 0.15) is 30.0 Å². The third kappa shape index (κ3) is 4.51. The van der Waals surface area contributed by atoms with Gasteiger partial charge in [0.1, 0.15) is 6.61 Å². The predicted octanol–water partition coefficient (Wildman–Crippen LogP) is 2.14. The largest absolute Gasteiger partial charge is 0.366 e. The van der Waals surface area contributed by atoms with Crippen LogP contribution in [0.5, 0.6) is 0 Å². The molecule has 2 fully saturated rings. The molecule has 1 aliphatic carbocycles. The van der Waals surface area contributed by atoms with Crippen LogP contribution in [0.25, 0.3) is 0 Å². The second-order valence-electron chi connectivity index (χ2n) is 8.68. The van der Waals surface area contributed by atoms with E-state index in [-0.39, 0.29) is 24.7 Å². The minimum Gasteiger partial charge on any atom is -0.366 e. The summed E-state index contributed by atoms with van der Waals surface area (Å²) in [7, 11) is 3.53. The first-order valence-corrected chi connectivity index (χ1v) is 10.4. The number of nitrogens with zero attached hydrogens (tertiary/aromatic N) is 5. The number of fused-ring (bicyclic) bond motifs is 1. The molecule has 156 valence electrons. The van der Waals surface area contributed by atoms with Gasteiger partial charge in [-0.05, 0) is 54.9 Å². The van der Waals surface area contributed by atoms with Crippen molar-refractivity contribution in [2.75, 3.05) is 33.8 Å². The van der Waals surface area contributed by atoms with Gasteiger partial charge in [-0.25, -0.2) is 0 Å². The number of carbonyl (C=O) groups excluding carboxylic acids is 1. The van der Waals surface area contributed by atoms with Gasteiger partial charge in [0.15, 0.2) is 0 Å². The van der Waals surface area contributed by atoms with Crippen molar-refractivity contribution in [2.45, 2.75) is 38.5 Å². The minimum atomic E-state index is 0.00596. The molecule has 4 atom stereocenters. The summed E-state index contributed by atoms with van der Waals surface area (Å²) >= 11 is 0. The fourth-order valence-electron chi connectivity index (χ4n) is 4.76. The van der Waals surface area contributed by atoms with Gasteiger partial charge in [-0.15, -0.1) is 0 Å². The highest BCUT2D eigenvalue weighted by molar-refractivity contribution is 5.76. The lowest BCUT2D eigenvalue weighted by Crippen LogP contribution is -2.40. The molecule has 1 amide bonds. The number of aromatic nitrogens is 3. The molecule has 29 heavy (non-hydrogen) atoms. The second-order valence-corrected chi connectivity index (χ2v) is 8.68. The summed E-state index contributed by atoms with van der Waals surface area (Å²) in [5, 5.41) is 4.48. The topological polar surface area (TPSA) is 63.5 Å². The van der Waals surface area contributed by atoms with Gasteiger partial charge in [0.25, 0.3) is 0 Å². The van der Waals surface area contributed by atoms with Crippen LogP contribution in [0.3, 0.4) is 0 Å². The Kier molecular flexibility index (Phi) is 5.96. The van der Waals surface area contributed by atoms with Crippen LogP contribution < -0.4 is 0 Å². The molecular weight excluding hydrogens is 366 g/mol. The molecule has 0 N–H and O–H groups in total. The summed E-state index contributed by atoms with van der Waals surface area (Å²) in [6.45, 7) is 5.40. The Hall–Kier alpha value is -2.25. The Morgan fingerprint density at radius 2 is 2.03 bits per heavy atom. The fraction of sp³-hybridized carbons (Fsp3) is 0.591. The molecule has 0 radical (unpaired) electrons. The summed E-state index contributed by atoms with van der Waals surface area (Å²) < 4.78 is 8.17. The van der Waals surface area contributed by atoms with E-state index in [0.29, 0.717) is 11.8 Å². The summed E-state index contributed by atoms with van der Waals surface area (Å²) in [4.78, 5) is 20.5. The van der Waals surface area contributed by atoms with Gasteiger partial charge in [-0.1, -0.05) is 0 Å². The molecule has 3 heterocycles. The van der Waals surface area contributed by atoms with Crippen LogP contribution in [0, 0.1) is 18.8 Å². The van der Waals surface area contributed by atoms with Gasteiger partial charge in [-0.2, -0.15) is 5.10 Å². The lowest BCUT2D eigenvalue weighted by atomic mass is 9.77. The van der Waals surface area contributed by atoms with Gasteiger partial charge < -0.3 is 9.64 Å². The van der Waals surface area contributed by atoms with Crippen LogP contribution in [0.4, 0.5) is 0 Å². The van der Waals surface area contributed by atoms with Crippen molar-refractivity contribution < 1.29 is 9.53 Å². The van der Waals surface area contributed by atoms with Gasteiger partial charge in [0.05, 0.1) is 12.1 Å². The number of likely N-dealkylation sites (N-methyl/N-ethyl adjacent to an activating group) is 1. The maximum absolute atomic E-state index is 12.1. The van der Waals surface area contributed by atoms with Crippen molar-refractivity contribution in [3.63, 3.8) is 0 Å². The highest BCUT2D eigenvalue weighted by Crippen LogP contribution is 2.42. The van der Waals surface area contributed by atoms with E-state index in [4.69, 9.17) is 4.74 Å². The second kappa shape index (κ2) is 8.63. The van der Waals surface area contributed by atoms with Gasteiger partial charge in [-0.3, -0.25) is 19.4 Å². The fourth-order valence-corrected chi connectivity index (χ4v) is 4.76. The van der Waals surface area contributed by atoms with Crippen LogP contribution >= 0.6 is 0 Å². The lowest BCUT2D eigenvalue weighted by Gasteiger charge is -2.38. The minimum absolute atomic E-state index is 0.00596. The maximum Gasteiger partial charge on any atom is 0.248 e. The average Bonchev–Trinajstić information content (AvgIpc) is 3.36. The predicted molar refractivity (Wildman–Crippen MR) is 110 cm³/mol. The van der Waals surface area contributed by atoms with Crippen LogP contribution in [-0.2, 0) is 16.1 Å². The molecule has 2 aliphatic rings. The standard InChI is InChI=1S/C22H31N5O2/c1-16-5-7-23-11-19(16)14-26-12-17-9-20(27-8-4-6-24-27)21(10-18(17)13-26)29-15-22(28)25(2)3/h4-8,11,17-18,20-21H,9-10,12-15H2,1-3H3/t17-,18+,20-,21-/m0/s1. The highest BCUT2D eigenvalue weighted by Gasteiger charge is 2.43. The Bertz CT molecular complexity index is 822. The van der Waals surface area contributed by atoms with Crippen molar-refractivity contribution in [3.05, 3.63) is 48.0 Å².